The number of aromatic amines is 2. The lowest BCUT2D eigenvalue weighted by molar-refractivity contribution is 0.332. The second-order valence-electron chi connectivity index (χ2n) is 6.24. The van der Waals surface area contributed by atoms with Crippen LogP contribution in [0.25, 0.3) is 11.3 Å². The van der Waals surface area contributed by atoms with E-state index in [0.717, 1.165) is 0 Å². The number of benzene rings is 1. The Bertz CT molecular complexity index is 1230. The fourth-order valence-electron chi connectivity index (χ4n) is 2.48. The van der Waals surface area contributed by atoms with Gasteiger partial charge in [-0.15, -0.1) is 5.10 Å². The van der Waals surface area contributed by atoms with E-state index in [1.807, 2.05) is 18.8 Å². The first-order valence-electron chi connectivity index (χ1n) is 8.25. The number of nitrogens with one attached hydrogen (secondary N) is 2. The van der Waals surface area contributed by atoms with Crippen LogP contribution in [0.3, 0.4) is 0 Å². The third-order valence-electron chi connectivity index (χ3n) is 3.91. The molecule has 0 unspecified atom stereocenters. The van der Waals surface area contributed by atoms with Gasteiger partial charge in [-0.25, -0.2) is 14.3 Å². The average molecular weight is 442 g/mol. The maximum Gasteiger partial charge on any atom is 0.347 e. The van der Waals surface area contributed by atoms with E-state index in [1.165, 1.54) is 18.2 Å². The van der Waals surface area contributed by atoms with Gasteiger partial charge in [0.15, 0.2) is 18.2 Å². The van der Waals surface area contributed by atoms with E-state index in [1.54, 1.807) is 0 Å². The van der Waals surface area contributed by atoms with Crippen molar-refractivity contribution in [3.05, 3.63) is 65.0 Å². The van der Waals surface area contributed by atoms with Crippen LogP contribution in [-0.4, -0.2) is 25.0 Å². The van der Waals surface area contributed by atoms with Crippen LogP contribution in [0, 0.1) is 0 Å². The maximum absolute atomic E-state index is 12.9. The summed E-state index contributed by atoms with van der Waals surface area (Å²) < 4.78 is 18.9. The van der Waals surface area contributed by atoms with E-state index in [-0.39, 0.29) is 44.4 Å². The van der Waals surface area contributed by atoms with Crippen LogP contribution in [-0.2, 0) is 6.80 Å². The molecule has 0 atom stereocenters. The Morgan fingerprint density at radius 3 is 2.38 bits per heavy atom. The van der Waals surface area contributed by atoms with Crippen molar-refractivity contribution in [1.29, 1.82) is 0 Å². The van der Waals surface area contributed by atoms with Gasteiger partial charge in [-0.1, -0.05) is 37.0 Å². The smallest absolute Gasteiger partial charge is 0.347 e. The zero-order valence-electron chi connectivity index (χ0n) is 15.1. The van der Waals surface area contributed by atoms with E-state index < -0.39 is 18.0 Å². The Labute approximate surface area is 172 Å². The molecule has 3 rings (SSSR count). The summed E-state index contributed by atoms with van der Waals surface area (Å²) in [6.45, 7) is 2.45. The minimum Gasteiger partial charge on any atom is -0.434 e. The molecule has 2 heterocycles. The van der Waals surface area contributed by atoms with E-state index in [2.05, 4.69) is 15.3 Å². The monoisotopic (exact) mass is 441 g/mol. The van der Waals surface area contributed by atoms with Crippen LogP contribution >= 0.6 is 23.2 Å². The largest absolute Gasteiger partial charge is 0.434 e. The molecule has 0 bridgehead atoms. The lowest BCUT2D eigenvalue weighted by atomic mass is 10.1. The summed E-state index contributed by atoms with van der Waals surface area (Å²) in [6.07, 6.45) is 0. The van der Waals surface area contributed by atoms with E-state index in [4.69, 9.17) is 27.9 Å². The van der Waals surface area contributed by atoms with Crippen LogP contribution in [0.5, 0.6) is 11.6 Å². The number of hydrogen-bond donors (Lipinski definition) is 2. The molecule has 152 valence electrons. The van der Waals surface area contributed by atoms with Crippen molar-refractivity contribution in [2.24, 2.45) is 0 Å². The number of nitrogens with zero attached hydrogens (tertiary/aromatic N) is 3. The van der Waals surface area contributed by atoms with E-state index in [9.17, 15) is 18.8 Å². The van der Waals surface area contributed by atoms with Gasteiger partial charge in [0.05, 0.1) is 10.0 Å². The summed E-state index contributed by atoms with van der Waals surface area (Å²) in [5, 5.41) is 9.82. The third kappa shape index (κ3) is 4.22. The lowest BCUT2D eigenvalue weighted by Gasteiger charge is -2.12. The maximum atomic E-state index is 12.9. The third-order valence-corrected chi connectivity index (χ3v) is 4.47. The molecule has 2 aromatic heterocycles. The first kappa shape index (κ1) is 20.7. The second-order valence-corrected chi connectivity index (χ2v) is 7.06. The number of rotatable bonds is 5. The van der Waals surface area contributed by atoms with Crippen LogP contribution < -0.4 is 21.5 Å². The van der Waals surface area contributed by atoms with Crippen molar-refractivity contribution in [3.8, 4) is 22.9 Å². The van der Waals surface area contributed by atoms with Gasteiger partial charge < -0.3 is 4.74 Å². The second kappa shape index (κ2) is 8.18. The van der Waals surface area contributed by atoms with Gasteiger partial charge in [0.1, 0.15) is 0 Å². The molecule has 12 heteroatoms. The van der Waals surface area contributed by atoms with Crippen molar-refractivity contribution < 1.29 is 9.13 Å². The summed E-state index contributed by atoms with van der Waals surface area (Å²) >= 11 is 12.5. The molecule has 0 aliphatic carbocycles. The Hall–Kier alpha value is -2.98. The molecule has 0 radical (unpaired) electrons. The number of alkyl halides is 1. The Kier molecular flexibility index (Phi) is 5.85. The molecule has 0 fully saturated rings. The predicted octanol–water partition coefficient (Wildman–Crippen LogP) is 2.83. The quantitative estimate of drug-likeness (QED) is 0.627. The molecule has 29 heavy (non-hydrogen) atoms. The van der Waals surface area contributed by atoms with Crippen molar-refractivity contribution >= 4 is 23.2 Å². The Morgan fingerprint density at radius 2 is 1.79 bits per heavy atom. The average Bonchev–Trinajstić information content (AvgIpc) is 2.65. The summed E-state index contributed by atoms with van der Waals surface area (Å²) in [7, 11) is 0. The van der Waals surface area contributed by atoms with Crippen molar-refractivity contribution in [1.82, 2.24) is 25.0 Å². The number of halogens is 3. The molecule has 0 spiro atoms. The van der Waals surface area contributed by atoms with E-state index in [0.29, 0.717) is 10.2 Å². The van der Waals surface area contributed by atoms with Crippen LogP contribution in [0.4, 0.5) is 4.39 Å². The first-order valence-corrected chi connectivity index (χ1v) is 9.01. The molecule has 0 saturated heterocycles. The number of ether oxygens (including phenoxy) is 1. The van der Waals surface area contributed by atoms with Gasteiger partial charge in [-0.05, 0) is 18.1 Å². The molecule has 3 aromatic rings. The highest BCUT2D eigenvalue weighted by molar-refractivity contribution is 6.37. The number of aromatic nitrogens is 5. The molecular weight excluding hydrogens is 428 g/mol. The van der Waals surface area contributed by atoms with Crippen LogP contribution in [0.1, 0.15) is 25.3 Å². The lowest BCUT2D eigenvalue weighted by Crippen LogP contribution is -2.32. The normalized spacial score (nSPS) is 11.1. The summed E-state index contributed by atoms with van der Waals surface area (Å²) in [6, 6.07) is 4.11. The Morgan fingerprint density at radius 1 is 1.14 bits per heavy atom. The van der Waals surface area contributed by atoms with Gasteiger partial charge in [0, 0.05) is 17.2 Å². The molecule has 2 N–H and O–H groups in total. The molecule has 9 nitrogen and oxygen atoms in total. The molecular formula is C17H14Cl2FN5O4. The minimum absolute atomic E-state index is 0.00537. The standard InChI is InChI=1S/C17H14Cl2FN5O4/c1-7(2)9-5-12(22-23-15(9)26)29-14-10(18)3-8(4-11(14)19)13-16(27)21-17(28)25(6-20)24-13/h3-5,7H,6H2,1-2H3,(H,23,26)(H,21,27,28). The summed E-state index contributed by atoms with van der Waals surface area (Å²) in [5.41, 5.74) is -1.79. The van der Waals surface area contributed by atoms with Gasteiger partial charge in [-0.3, -0.25) is 14.6 Å². The molecule has 0 aliphatic rings. The highest BCUT2D eigenvalue weighted by atomic mass is 35.5. The van der Waals surface area contributed by atoms with Crippen molar-refractivity contribution in [2.45, 2.75) is 26.6 Å². The molecule has 0 amide bonds. The SMILES string of the molecule is CC(C)c1cc(Oc2c(Cl)cc(-c3nn(CF)c(=O)[nH]c3=O)cc2Cl)n[nH]c1=O. The molecule has 0 aliphatic heterocycles. The minimum atomic E-state index is -1.22. The number of H-pyrrole nitrogens is 2. The van der Waals surface area contributed by atoms with E-state index >= 15 is 0 Å². The predicted molar refractivity (Wildman–Crippen MR) is 105 cm³/mol. The van der Waals surface area contributed by atoms with Gasteiger partial charge in [-0.2, -0.15) is 9.78 Å². The fourth-order valence-corrected chi connectivity index (χ4v) is 3.05. The highest BCUT2D eigenvalue weighted by Crippen LogP contribution is 2.38. The van der Waals surface area contributed by atoms with Crippen molar-refractivity contribution in [2.75, 3.05) is 0 Å². The van der Waals surface area contributed by atoms with Crippen LogP contribution in [0.2, 0.25) is 10.0 Å². The Balaban J connectivity index is 2.04. The fraction of sp³-hybridized carbons (Fsp3) is 0.235. The zero-order chi connectivity index (χ0) is 21.3. The highest BCUT2D eigenvalue weighted by Gasteiger charge is 2.17. The molecule has 0 saturated carbocycles. The summed E-state index contributed by atoms with van der Waals surface area (Å²) in [4.78, 5) is 37.2. The van der Waals surface area contributed by atoms with Gasteiger partial charge in [0.2, 0.25) is 5.88 Å². The van der Waals surface area contributed by atoms with Gasteiger partial charge >= 0.3 is 5.69 Å². The first-order chi connectivity index (χ1) is 13.7. The zero-order valence-corrected chi connectivity index (χ0v) is 16.6. The molecule has 1 aromatic carbocycles. The number of hydrogen-bond acceptors (Lipinski definition) is 6. The van der Waals surface area contributed by atoms with Gasteiger partial charge in [0.25, 0.3) is 11.1 Å². The topological polar surface area (TPSA) is 123 Å². The summed E-state index contributed by atoms with van der Waals surface area (Å²) in [5.74, 6) is 0.0230. The van der Waals surface area contributed by atoms with Crippen LogP contribution in [0.15, 0.2) is 32.6 Å². The van der Waals surface area contributed by atoms with Crippen molar-refractivity contribution in [3.63, 3.8) is 0 Å².